The van der Waals surface area contributed by atoms with E-state index in [4.69, 9.17) is 21.5 Å². The molecule has 8 nitrogen and oxygen atoms in total. The predicted molar refractivity (Wildman–Crippen MR) is 125 cm³/mol. The third-order valence-corrected chi connectivity index (χ3v) is 7.68. The lowest BCUT2D eigenvalue weighted by Gasteiger charge is -2.31. The van der Waals surface area contributed by atoms with Crippen LogP contribution in [0, 0.1) is 0 Å². The molecule has 1 aliphatic heterocycles. The number of nitrogens with one attached hydrogen (secondary N) is 1. The van der Waals surface area contributed by atoms with E-state index < -0.39 is 18.1 Å². The van der Waals surface area contributed by atoms with Gasteiger partial charge in [-0.15, -0.1) is 5.10 Å². The van der Waals surface area contributed by atoms with Crippen molar-refractivity contribution in [2.24, 2.45) is 0 Å². The van der Waals surface area contributed by atoms with Crippen LogP contribution in [-0.2, 0) is 4.79 Å². The molecule has 1 aliphatic carbocycles. The van der Waals surface area contributed by atoms with E-state index in [1.807, 2.05) is 0 Å². The molecule has 2 heterocycles. The molecule has 4 rings (SSSR count). The standard InChI is InChI=1S/C20H25ClN4O2S.C2HF3O2/c21-16-12-14(6-9-17(16)25-10-2-1-3-11-25)13-4-7-15(8-5-13)28-19-18(20(26)27)22-24-23-19;3-2(4,5)1(6)7/h6,9,12-13,15H,1-5,7-8,10-11H2,(H,26,27)(H,22,23,24);(H,6,7). The summed E-state index contributed by atoms with van der Waals surface area (Å²) < 4.78 is 31.7. The number of thioether (sulfide) groups is 1. The van der Waals surface area contributed by atoms with Crippen molar-refractivity contribution in [3.8, 4) is 0 Å². The number of carboxylic acid groups (broad SMARTS) is 2. The Kier molecular flexibility index (Phi) is 9.28. The Morgan fingerprint density at radius 2 is 1.71 bits per heavy atom. The first-order valence-corrected chi connectivity index (χ1v) is 12.5. The van der Waals surface area contributed by atoms with Crippen LogP contribution in [-0.4, -0.2) is 62.1 Å². The van der Waals surface area contributed by atoms with Crippen molar-refractivity contribution in [3.05, 3.63) is 34.5 Å². The SMILES string of the molecule is O=C(O)C(F)(F)F.O=C(O)c1[nH]nnc1SC1CCC(c2ccc(N3CCCCC3)c(Cl)c2)CC1. The Labute approximate surface area is 209 Å². The Hall–Kier alpha value is -2.47. The lowest BCUT2D eigenvalue weighted by Crippen LogP contribution is -2.29. The first-order chi connectivity index (χ1) is 16.6. The molecule has 2 aromatic rings. The summed E-state index contributed by atoms with van der Waals surface area (Å²) in [5.41, 5.74) is 2.58. The normalized spacial score (nSPS) is 20.6. The van der Waals surface area contributed by atoms with Crippen molar-refractivity contribution >= 4 is 41.0 Å². The topological polar surface area (TPSA) is 119 Å². The van der Waals surface area contributed by atoms with Crippen LogP contribution in [0.4, 0.5) is 18.9 Å². The predicted octanol–water partition coefficient (Wildman–Crippen LogP) is 5.60. The summed E-state index contributed by atoms with van der Waals surface area (Å²) in [6, 6.07) is 6.59. The van der Waals surface area contributed by atoms with Gasteiger partial charge in [-0.25, -0.2) is 9.59 Å². The van der Waals surface area contributed by atoms with Crippen LogP contribution in [0.2, 0.25) is 5.02 Å². The van der Waals surface area contributed by atoms with Crippen LogP contribution in [0.25, 0.3) is 0 Å². The molecule has 3 N–H and O–H groups in total. The third-order valence-electron chi connectivity index (χ3n) is 6.07. The number of hydrogen-bond donors (Lipinski definition) is 3. The summed E-state index contributed by atoms with van der Waals surface area (Å²) >= 11 is 8.16. The molecule has 1 aromatic carbocycles. The van der Waals surface area contributed by atoms with Gasteiger partial charge in [0.1, 0.15) is 0 Å². The Morgan fingerprint density at radius 3 is 2.26 bits per heavy atom. The first kappa shape index (κ1) is 27.1. The second-order valence-corrected chi connectivity index (χ2v) is 10.1. The van der Waals surface area contributed by atoms with Gasteiger partial charge in [0, 0.05) is 18.3 Å². The molecule has 2 fully saturated rings. The summed E-state index contributed by atoms with van der Waals surface area (Å²) in [4.78, 5) is 22.5. The number of halogens is 4. The number of aromatic amines is 1. The molecule has 0 amide bonds. The number of anilines is 1. The highest BCUT2D eigenvalue weighted by molar-refractivity contribution is 7.99. The lowest BCUT2D eigenvalue weighted by molar-refractivity contribution is -0.192. The minimum absolute atomic E-state index is 0.0900. The van der Waals surface area contributed by atoms with Crippen LogP contribution in [0.5, 0.6) is 0 Å². The number of H-pyrrole nitrogens is 1. The number of hydrogen-bond acceptors (Lipinski definition) is 6. The lowest BCUT2D eigenvalue weighted by atomic mass is 9.84. The van der Waals surface area contributed by atoms with E-state index in [0.717, 1.165) is 43.8 Å². The van der Waals surface area contributed by atoms with E-state index in [0.29, 0.717) is 16.2 Å². The van der Waals surface area contributed by atoms with E-state index in [1.165, 1.54) is 42.3 Å². The molecular formula is C22H26ClF3N4O4S. The zero-order chi connectivity index (χ0) is 25.6. The maximum atomic E-state index is 11.2. The zero-order valence-electron chi connectivity index (χ0n) is 18.7. The van der Waals surface area contributed by atoms with Crippen LogP contribution in [0.1, 0.15) is 66.9 Å². The number of alkyl halides is 3. The number of carboxylic acids is 2. The van der Waals surface area contributed by atoms with Crippen LogP contribution < -0.4 is 4.90 Å². The highest BCUT2D eigenvalue weighted by Crippen LogP contribution is 2.41. The number of piperidine rings is 1. The van der Waals surface area contributed by atoms with E-state index >= 15 is 0 Å². The van der Waals surface area contributed by atoms with Crippen molar-refractivity contribution < 1.29 is 33.0 Å². The molecule has 13 heteroatoms. The van der Waals surface area contributed by atoms with Crippen LogP contribution >= 0.6 is 23.4 Å². The second kappa shape index (κ2) is 12.0. The van der Waals surface area contributed by atoms with E-state index in [2.05, 4.69) is 38.5 Å². The Balaban J connectivity index is 0.000000429. The van der Waals surface area contributed by atoms with Crippen molar-refractivity contribution in [1.82, 2.24) is 15.4 Å². The number of nitrogens with zero attached hydrogens (tertiary/aromatic N) is 3. The highest BCUT2D eigenvalue weighted by Gasteiger charge is 2.38. The number of aliphatic carboxylic acids is 1. The van der Waals surface area contributed by atoms with E-state index in [-0.39, 0.29) is 5.69 Å². The Morgan fingerprint density at radius 1 is 1.09 bits per heavy atom. The maximum Gasteiger partial charge on any atom is 0.490 e. The summed E-state index contributed by atoms with van der Waals surface area (Å²) in [5.74, 6) is -3.25. The monoisotopic (exact) mass is 534 g/mol. The fraction of sp³-hybridized carbons (Fsp3) is 0.545. The van der Waals surface area contributed by atoms with Crippen molar-refractivity contribution in [2.75, 3.05) is 18.0 Å². The number of benzene rings is 1. The third kappa shape index (κ3) is 7.50. The molecule has 0 atom stereocenters. The number of carbonyl (C=O) groups is 2. The van der Waals surface area contributed by atoms with Crippen molar-refractivity contribution in [3.63, 3.8) is 0 Å². The molecule has 0 radical (unpaired) electrons. The molecule has 192 valence electrons. The van der Waals surface area contributed by atoms with E-state index in [9.17, 15) is 23.1 Å². The molecule has 2 aliphatic rings. The molecule has 0 spiro atoms. The molecule has 0 unspecified atom stereocenters. The van der Waals surface area contributed by atoms with Gasteiger partial charge in [-0.1, -0.05) is 34.6 Å². The number of rotatable bonds is 5. The quantitative estimate of drug-likeness (QED) is 0.453. The maximum absolute atomic E-state index is 11.2. The summed E-state index contributed by atoms with van der Waals surface area (Å²) in [7, 11) is 0. The molecule has 0 bridgehead atoms. The van der Waals surface area contributed by atoms with Gasteiger partial charge in [-0.3, -0.25) is 5.10 Å². The summed E-state index contributed by atoms with van der Waals surface area (Å²) in [6.45, 7) is 2.20. The number of aromatic carboxylic acids is 1. The average molecular weight is 535 g/mol. The fourth-order valence-electron chi connectivity index (χ4n) is 4.28. The summed E-state index contributed by atoms with van der Waals surface area (Å²) in [6.07, 6.45) is 2.95. The Bertz CT molecular complexity index is 1020. The molecule has 1 aromatic heterocycles. The van der Waals surface area contributed by atoms with Gasteiger partial charge in [0.15, 0.2) is 10.7 Å². The summed E-state index contributed by atoms with van der Waals surface area (Å²) in [5, 5.41) is 28.1. The first-order valence-electron chi connectivity index (χ1n) is 11.2. The van der Waals surface area contributed by atoms with Gasteiger partial charge in [0.2, 0.25) is 0 Å². The van der Waals surface area contributed by atoms with E-state index in [1.54, 1.807) is 0 Å². The minimum atomic E-state index is -5.08. The van der Waals surface area contributed by atoms with Crippen LogP contribution in [0.3, 0.4) is 0 Å². The second-order valence-electron chi connectivity index (χ2n) is 8.45. The van der Waals surface area contributed by atoms with Gasteiger partial charge < -0.3 is 15.1 Å². The van der Waals surface area contributed by atoms with Gasteiger partial charge in [-0.2, -0.15) is 13.2 Å². The zero-order valence-corrected chi connectivity index (χ0v) is 20.3. The highest BCUT2D eigenvalue weighted by atomic mass is 35.5. The smallest absolute Gasteiger partial charge is 0.476 e. The minimum Gasteiger partial charge on any atom is -0.476 e. The largest absolute Gasteiger partial charge is 0.490 e. The molecular weight excluding hydrogens is 509 g/mol. The molecule has 35 heavy (non-hydrogen) atoms. The average Bonchev–Trinajstić information content (AvgIpc) is 3.28. The van der Waals surface area contributed by atoms with Crippen molar-refractivity contribution in [1.29, 1.82) is 0 Å². The van der Waals surface area contributed by atoms with Gasteiger partial charge in [0.05, 0.1) is 10.7 Å². The fourth-order valence-corrected chi connectivity index (χ4v) is 5.75. The molecule has 1 saturated heterocycles. The number of aromatic nitrogens is 3. The van der Waals surface area contributed by atoms with Crippen molar-refractivity contribution in [2.45, 2.75) is 67.3 Å². The van der Waals surface area contributed by atoms with Crippen LogP contribution in [0.15, 0.2) is 23.2 Å². The van der Waals surface area contributed by atoms with Gasteiger partial charge in [0.25, 0.3) is 0 Å². The molecule has 1 saturated carbocycles. The van der Waals surface area contributed by atoms with Gasteiger partial charge in [-0.05, 0) is 68.6 Å². The van der Waals surface area contributed by atoms with Gasteiger partial charge >= 0.3 is 18.1 Å².